The van der Waals surface area contributed by atoms with Gasteiger partial charge in [-0.05, 0) is 47.9 Å². The lowest BCUT2D eigenvalue weighted by molar-refractivity contribution is -0.687. The summed E-state index contributed by atoms with van der Waals surface area (Å²) in [5.74, 6) is 0. The highest BCUT2D eigenvalue weighted by Gasteiger charge is 2.31. The van der Waals surface area contributed by atoms with E-state index in [-0.39, 0.29) is 0 Å². The number of hydrogen-bond acceptors (Lipinski definition) is 0. The van der Waals surface area contributed by atoms with Crippen LogP contribution in [0.2, 0.25) is 0 Å². The molecule has 4 aromatic rings. The normalized spacial score (nSPS) is 15.3. The molecular weight excluding hydrogens is 352 g/mol. The molecule has 2 aromatic heterocycles. The molecule has 4 heterocycles. The number of pyridine rings is 2. The topological polar surface area (TPSA) is 7.76 Å². The molecule has 0 saturated heterocycles. The van der Waals surface area contributed by atoms with Crippen LogP contribution in [0, 0.1) is 0 Å². The highest BCUT2D eigenvalue weighted by Crippen LogP contribution is 2.40. The SMILES string of the molecule is c1cc[n+]2c(c1)-c1c(ccc3c1-c1c4ccccc4cc[n+]1CCC3)CCCC2. The van der Waals surface area contributed by atoms with Crippen molar-refractivity contribution in [2.75, 3.05) is 0 Å². The van der Waals surface area contributed by atoms with Crippen molar-refractivity contribution in [2.45, 2.75) is 45.2 Å². The van der Waals surface area contributed by atoms with Crippen LogP contribution in [-0.2, 0) is 25.9 Å². The van der Waals surface area contributed by atoms with Crippen molar-refractivity contribution in [3.05, 3.63) is 84.2 Å². The number of hydrogen-bond donors (Lipinski definition) is 0. The van der Waals surface area contributed by atoms with Crippen molar-refractivity contribution in [3.63, 3.8) is 0 Å². The highest BCUT2D eigenvalue weighted by atomic mass is 15.0. The van der Waals surface area contributed by atoms with Crippen molar-refractivity contribution in [3.8, 4) is 22.5 Å². The van der Waals surface area contributed by atoms with E-state index < -0.39 is 0 Å². The summed E-state index contributed by atoms with van der Waals surface area (Å²) in [7, 11) is 0. The van der Waals surface area contributed by atoms with Crippen molar-refractivity contribution in [1.29, 1.82) is 0 Å². The van der Waals surface area contributed by atoms with Gasteiger partial charge in [-0.1, -0.05) is 30.3 Å². The molecule has 0 atom stereocenters. The van der Waals surface area contributed by atoms with E-state index in [9.17, 15) is 0 Å². The van der Waals surface area contributed by atoms with Crippen LogP contribution in [0.5, 0.6) is 0 Å². The maximum Gasteiger partial charge on any atom is 0.221 e. The van der Waals surface area contributed by atoms with E-state index in [1.807, 2.05) is 0 Å². The Labute approximate surface area is 172 Å². The summed E-state index contributed by atoms with van der Waals surface area (Å²) >= 11 is 0. The molecule has 2 aliphatic rings. The van der Waals surface area contributed by atoms with Crippen LogP contribution in [0.25, 0.3) is 33.3 Å². The molecule has 0 bridgehead atoms. The van der Waals surface area contributed by atoms with Gasteiger partial charge in [0, 0.05) is 31.0 Å². The lowest BCUT2D eigenvalue weighted by atomic mass is 9.86. The van der Waals surface area contributed by atoms with E-state index in [2.05, 4.69) is 82.2 Å². The molecule has 0 spiro atoms. The lowest BCUT2D eigenvalue weighted by Crippen LogP contribution is -2.38. The minimum atomic E-state index is 1.08. The van der Waals surface area contributed by atoms with Crippen LogP contribution in [0.3, 0.4) is 0 Å². The van der Waals surface area contributed by atoms with Gasteiger partial charge in [0.05, 0.1) is 16.5 Å². The second-order valence-corrected chi connectivity index (χ2v) is 8.42. The van der Waals surface area contributed by atoms with Crippen LogP contribution in [0.4, 0.5) is 0 Å². The first-order chi connectivity index (χ1) is 14.4. The Morgan fingerprint density at radius 1 is 0.586 bits per heavy atom. The Bertz CT molecular complexity index is 1240. The highest BCUT2D eigenvalue weighted by molar-refractivity contribution is 5.98. The fraction of sp³-hybridized carbons (Fsp3) is 0.259. The molecule has 0 amide bonds. The zero-order chi connectivity index (χ0) is 19.2. The molecule has 0 radical (unpaired) electrons. The smallest absolute Gasteiger partial charge is 0.198 e. The third-order valence-corrected chi connectivity index (χ3v) is 6.69. The van der Waals surface area contributed by atoms with Gasteiger partial charge in [0.25, 0.3) is 0 Å². The zero-order valence-electron chi connectivity index (χ0n) is 16.8. The Morgan fingerprint density at radius 2 is 1.38 bits per heavy atom. The Hall–Kier alpha value is -3.00. The first kappa shape index (κ1) is 16.9. The number of nitrogens with zero attached hydrogens (tertiary/aromatic N) is 2. The minimum absolute atomic E-state index is 1.08. The van der Waals surface area contributed by atoms with Crippen molar-refractivity contribution >= 4 is 10.8 Å². The standard InChI is InChI=1S/C27H26N2/c1-2-11-23-20(8-1)15-19-29-18-7-10-22-14-13-21-9-3-5-16-28-17-6-4-12-24(28)25(21)26(22)27(23)29/h1-2,4,6,8,11-15,17,19H,3,5,7,9-10,16,18H2/q+2. The number of benzene rings is 2. The van der Waals surface area contributed by atoms with Crippen molar-refractivity contribution < 1.29 is 9.13 Å². The quantitative estimate of drug-likeness (QED) is 0.379. The third-order valence-electron chi connectivity index (χ3n) is 6.69. The molecule has 0 saturated carbocycles. The maximum absolute atomic E-state index is 2.50. The summed E-state index contributed by atoms with van der Waals surface area (Å²) in [6.45, 7) is 2.19. The first-order valence-corrected chi connectivity index (χ1v) is 11.0. The van der Waals surface area contributed by atoms with E-state index >= 15 is 0 Å². The van der Waals surface area contributed by atoms with Crippen LogP contribution in [-0.4, -0.2) is 0 Å². The molecule has 29 heavy (non-hydrogen) atoms. The Balaban J connectivity index is 1.78. The van der Waals surface area contributed by atoms with E-state index in [0.717, 1.165) is 19.5 Å². The molecule has 0 aliphatic carbocycles. The third kappa shape index (κ3) is 2.70. The molecule has 142 valence electrons. The molecule has 0 N–H and O–H groups in total. The number of rotatable bonds is 0. The molecular formula is C27H26N2+2. The van der Waals surface area contributed by atoms with Crippen LogP contribution < -0.4 is 9.13 Å². The molecule has 2 nitrogen and oxygen atoms in total. The Kier molecular flexibility index (Phi) is 3.97. The van der Waals surface area contributed by atoms with Crippen LogP contribution in [0.15, 0.2) is 73.1 Å². The maximum atomic E-state index is 2.50. The van der Waals surface area contributed by atoms with E-state index in [4.69, 9.17) is 0 Å². The summed E-state index contributed by atoms with van der Waals surface area (Å²) in [4.78, 5) is 0. The predicted molar refractivity (Wildman–Crippen MR) is 116 cm³/mol. The summed E-state index contributed by atoms with van der Waals surface area (Å²) in [5.41, 5.74) is 8.73. The van der Waals surface area contributed by atoms with Gasteiger partial charge in [-0.15, -0.1) is 0 Å². The molecule has 2 aromatic carbocycles. The molecule has 0 fully saturated rings. The monoisotopic (exact) mass is 378 g/mol. The molecule has 2 aliphatic heterocycles. The predicted octanol–water partition coefficient (Wildman–Crippen LogP) is 5.03. The average Bonchev–Trinajstić information content (AvgIpc) is 2.94. The van der Waals surface area contributed by atoms with Gasteiger partial charge in [0.15, 0.2) is 12.4 Å². The average molecular weight is 379 g/mol. The van der Waals surface area contributed by atoms with Gasteiger partial charge in [-0.2, -0.15) is 9.13 Å². The second-order valence-electron chi connectivity index (χ2n) is 8.42. The lowest BCUT2D eigenvalue weighted by Gasteiger charge is -2.18. The van der Waals surface area contributed by atoms with E-state index in [1.54, 1.807) is 0 Å². The van der Waals surface area contributed by atoms with Crippen LogP contribution >= 0.6 is 0 Å². The van der Waals surface area contributed by atoms with Gasteiger partial charge in [-0.3, -0.25) is 0 Å². The van der Waals surface area contributed by atoms with Crippen LogP contribution in [0.1, 0.15) is 30.4 Å². The van der Waals surface area contributed by atoms with Gasteiger partial charge < -0.3 is 0 Å². The number of aryl methyl sites for hydroxylation is 4. The molecule has 2 heteroatoms. The van der Waals surface area contributed by atoms with Gasteiger partial charge in [-0.25, -0.2) is 0 Å². The van der Waals surface area contributed by atoms with Gasteiger partial charge in [0.2, 0.25) is 11.4 Å². The molecule has 6 rings (SSSR count). The summed E-state index contributed by atoms with van der Waals surface area (Å²) in [6, 6.07) is 22.7. The summed E-state index contributed by atoms with van der Waals surface area (Å²) < 4.78 is 4.97. The summed E-state index contributed by atoms with van der Waals surface area (Å²) in [6.07, 6.45) is 10.6. The fourth-order valence-corrected chi connectivity index (χ4v) is 5.33. The van der Waals surface area contributed by atoms with E-state index in [0.29, 0.717) is 0 Å². The second kappa shape index (κ2) is 6.81. The Morgan fingerprint density at radius 3 is 2.34 bits per heavy atom. The minimum Gasteiger partial charge on any atom is -0.198 e. The fourth-order valence-electron chi connectivity index (χ4n) is 5.33. The first-order valence-electron chi connectivity index (χ1n) is 11.0. The van der Waals surface area contributed by atoms with Gasteiger partial charge in [0.1, 0.15) is 13.1 Å². The largest absolute Gasteiger partial charge is 0.221 e. The number of aromatic nitrogens is 2. The van der Waals surface area contributed by atoms with E-state index in [1.165, 1.54) is 70.1 Å². The number of fused-ring (bicyclic) bond motifs is 9. The van der Waals surface area contributed by atoms with Gasteiger partial charge >= 0.3 is 0 Å². The molecule has 0 unspecified atom stereocenters. The zero-order valence-corrected chi connectivity index (χ0v) is 16.8. The summed E-state index contributed by atoms with van der Waals surface area (Å²) in [5, 5.41) is 2.70. The van der Waals surface area contributed by atoms with Crippen molar-refractivity contribution in [1.82, 2.24) is 0 Å². The van der Waals surface area contributed by atoms with Crippen molar-refractivity contribution in [2.24, 2.45) is 0 Å².